The molecule has 0 bridgehead atoms. The highest BCUT2D eigenvalue weighted by Gasteiger charge is 2.24. The van der Waals surface area contributed by atoms with Crippen LogP contribution in [0.1, 0.15) is 36.5 Å². The van der Waals surface area contributed by atoms with Gasteiger partial charge in [0.1, 0.15) is 0 Å². The van der Waals surface area contributed by atoms with Gasteiger partial charge in [-0.1, -0.05) is 22.9 Å². The van der Waals surface area contributed by atoms with Crippen molar-refractivity contribution < 1.29 is 4.79 Å². The summed E-state index contributed by atoms with van der Waals surface area (Å²) in [7, 11) is 0. The van der Waals surface area contributed by atoms with E-state index in [0.29, 0.717) is 6.04 Å². The molecule has 0 aromatic heterocycles. The van der Waals surface area contributed by atoms with Crippen molar-refractivity contribution in [2.75, 3.05) is 11.4 Å². The van der Waals surface area contributed by atoms with Crippen LogP contribution in [0, 0.1) is 0 Å². The number of hydrogen-bond acceptors (Lipinski definition) is 2. The van der Waals surface area contributed by atoms with Crippen LogP contribution < -0.4 is 4.90 Å². The summed E-state index contributed by atoms with van der Waals surface area (Å²) >= 11 is 3.47. The summed E-state index contributed by atoms with van der Waals surface area (Å²) in [5.41, 5.74) is 1.87. The second kappa shape index (κ2) is 5.00. The van der Waals surface area contributed by atoms with Crippen LogP contribution in [-0.2, 0) is 0 Å². The first-order valence-electron chi connectivity index (χ1n) is 5.77. The molecule has 1 aliphatic heterocycles. The first kappa shape index (κ1) is 11.6. The molecule has 1 aromatic carbocycles. The quantitative estimate of drug-likeness (QED) is 0.789. The fourth-order valence-corrected chi connectivity index (χ4v) is 2.79. The van der Waals surface area contributed by atoms with Gasteiger partial charge in [0.05, 0.1) is 0 Å². The van der Waals surface area contributed by atoms with E-state index < -0.39 is 0 Å². The van der Waals surface area contributed by atoms with Crippen molar-refractivity contribution in [1.82, 2.24) is 0 Å². The zero-order valence-corrected chi connectivity index (χ0v) is 11.0. The molecule has 0 N–H and O–H groups in total. The average molecular weight is 282 g/mol. The molecule has 0 amide bonds. The predicted octanol–water partition coefficient (Wildman–Crippen LogP) is 3.64. The first-order chi connectivity index (χ1) is 7.76. The van der Waals surface area contributed by atoms with Crippen molar-refractivity contribution >= 4 is 27.9 Å². The fourth-order valence-electron chi connectivity index (χ4n) is 2.44. The van der Waals surface area contributed by atoms with Gasteiger partial charge in [-0.2, -0.15) is 0 Å². The van der Waals surface area contributed by atoms with Crippen molar-refractivity contribution in [3.05, 3.63) is 28.2 Å². The molecule has 86 valence electrons. The van der Waals surface area contributed by atoms with Crippen molar-refractivity contribution in [3.63, 3.8) is 0 Å². The zero-order valence-electron chi connectivity index (χ0n) is 9.45. The Balaban J connectivity index is 2.37. The van der Waals surface area contributed by atoms with E-state index >= 15 is 0 Å². The van der Waals surface area contributed by atoms with E-state index in [-0.39, 0.29) is 0 Å². The molecule has 1 atom stereocenters. The predicted molar refractivity (Wildman–Crippen MR) is 70.2 cm³/mol. The van der Waals surface area contributed by atoms with Gasteiger partial charge in [-0.05, 0) is 37.5 Å². The molecule has 3 heteroatoms. The summed E-state index contributed by atoms with van der Waals surface area (Å²) in [4.78, 5) is 13.4. The largest absolute Gasteiger partial charge is 0.368 e. The minimum atomic E-state index is 0.591. The molecule has 1 unspecified atom stereocenters. The van der Waals surface area contributed by atoms with Gasteiger partial charge in [0, 0.05) is 28.3 Å². The summed E-state index contributed by atoms with van der Waals surface area (Å²) in [6, 6.07) is 6.45. The van der Waals surface area contributed by atoms with E-state index in [9.17, 15) is 4.79 Å². The van der Waals surface area contributed by atoms with Crippen LogP contribution in [0.25, 0.3) is 0 Å². The van der Waals surface area contributed by atoms with E-state index in [0.717, 1.165) is 35.0 Å². The van der Waals surface area contributed by atoms with E-state index in [1.165, 1.54) is 12.8 Å². The third-order valence-corrected chi connectivity index (χ3v) is 3.77. The third-order valence-electron chi connectivity index (χ3n) is 3.28. The average Bonchev–Trinajstić information content (AvgIpc) is 2.76. The van der Waals surface area contributed by atoms with Gasteiger partial charge in [0.2, 0.25) is 0 Å². The molecule has 2 rings (SSSR count). The number of hydrogen-bond donors (Lipinski definition) is 0. The number of benzene rings is 1. The SMILES string of the molecule is CCC1CCCN1c1cc(Br)ccc1C=O. The normalized spacial score (nSPS) is 20.1. The summed E-state index contributed by atoms with van der Waals surface area (Å²) in [5, 5.41) is 0. The van der Waals surface area contributed by atoms with Gasteiger partial charge in [-0.15, -0.1) is 0 Å². The minimum absolute atomic E-state index is 0.591. The number of carbonyl (C=O) groups is 1. The fraction of sp³-hybridized carbons (Fsp3) is 0.462. The van der Waals surface area contributed by atoms with Gasteiger partial charge in [-0.25, -0.2) is 0 Å². The number of carbonyl (C=O) groups excluding carboxylic acids is 1. The summed E-state index contributed by atoms with van der Waals surface area (Å²) < 4.78 is 1.04. The number of aldehydes is 1. The number of anilines is 1. The lowest BCUT2D eigenvalue weighted by atomic mass is 10.1. The summed E-state index contributed by atoms with van der Waals surface area (Å²) in [5.74, 6) is 0. The molecule has 1 saturated heterocycles. The zero-order chi connectivity index (χ0) is 11.5. The van der Waals surface area contributed by atoms with Crippen molar-refractivity contribution in [2.45, 2.75) is 32.2 Å². The molecule has 1 aromatic rings. The summed E-state index contributed by atoms with van der Waals surface area (Å²) in [6.07, 6.45) is 4.56. The van der Waals surface area contributed by atoms with Gasteiger partial charge >= 0.3 is 0 Å². The van der Waals surface area contributed by atoms with Crippen LogP contribution in [0.2, 0.25) is 0 Å². The molecule has 16 heavy (non-hydrogen) atoms. The van der Waals surface area contributed by atoms with Gasteiger partial charge in [0.15, 0.2) is 6.29 Å². The molecule has 0 radical (unpaired) electrons. The molecule has 1 fully saturated rings. The maximum Gasteiger partial charge on any atom is 0.152 e. The molecule has 0 spiro atoms. The van der Waals surface area contributed by atoms with Gasteiger partial charge in [0.25, 0.3) is 0 Å². The molecular weight excluding hydrogens is 266 g/mol. The highest BCUT2D eigenvalue weighted by Crippen LogP contribution is 2.31. The number of halogens is 1. The number of rotatable bonds is 3. The first-order valence-corrected chi connectivity index (χ1v) is 6.57. The van der Waals surface area contributed by atoms with Crippen LogP contribution in [0.4, 0.5) is 5.69 Å². The van der Waals surface area contributed by atoms with Crippen LogP contribution in [-0.4, -0.2) is 18.9 Å². The molecule has 0 saturated carbocycles. The Morgan fingerprint density at radius 2 is 2.38 bits per heavy atom. The Hall–Kier alpha value is -0.830. The Labute approximate surface area is 105 Å². The topological polar surface area (TPSA) is 20.3 Å². The van der Waals surface area contributed by atoms with Crippen molar-refractivity contribution in [3.8, 4) is 0 Å². The highest BCUT2D eigenvalue weighted by molar-refractivity contribution is 9.10. The summed E-state index contributed by atoms with van der Waals surface area (Å²) in [6.45, 7) is 3.28. The van der Waals surface area contributed by atoms with Crippen molar-refractivity contribution in [1.29, 1.82) is 0 Å². The smallest absolute Gasteiger partial charge is 0.152 e. The molecule has 1 heterocycles. The lowest BCUT2D eigenvalue weighted by Gasteiger charge is -2.27. The molecular formula is C13H16BrNO. The van der Waals surface area contributed by atoms with E-state index in [2.05, 4.69) is 33.8 Å². The Morgan fingerprint density at radius 3 is 3.06 bits per heavy atom. The van der Waals surface area contributed by atoms with Gasteiger partial charge in [-0.3, -0.25) is 4.79 Å². The van der Waals surface area contributed by atoms with Crippen LogP contribution in [0.5, 0.6) is 0 Å². The maximum atomic E-state index is 11.0. The van der Waals surface area contributed by atoms with E-state index in [1.807, 2.05) is 12.1 Å². The molecule has 0 aliphatic carbocycles. The standard InChI is InChI=1S/C13H16BrNO/c1-2-12-4-3-7-15(12)13-8-11(14)6-5-10(13)9-16/h5-6,8-9,12H,2-4,7H2,1H3. The highest BCUT2D eigenvalue weighted by atomic mass is 79.9. The van der Waals surface area contributed by atoms with Gasteiger partial charge < -0.3 is 4.90 Å². The Morgan fingerprint density at radius 1 is 1.56 bits per heavy atom. The Kier molecular flexibility index (Phi) is 3.64. The van der Waals surface area contributed by atoms with Crippen molar-refractivity contribution in [2.24, 2.45) is 0 Å². The van der Waals surface area contributed by atoms with Crippen LogP contribution >= 0.6 is 15.9 Å². The van der Waals surface area contributed by atoms with E-state index in [1.54, 1.807) is 0 Å². The number of nitrogens with zero attached hydrogens (tertiary/aromatic N) is 1. The minimum Gasteiger partial charge on any atom is -0.368 e. The Bertz CT molecular complexity index is 392. The molecule has 1 aliphatic rings. The second-order valence-corrected chi connectivity index (χ2v) is 5.13. The molecule has 2 nitrogen and oxygen atoms in total. The van der Waals surface area contributed by atoms with Crippen LogP contribution in [0.15, 0.2) is 22.7 Å². The second-order valence-electron chi connectivity index (χ2n) is 4.22. The monoisotopic (exact) mass is 281 g/mol. The third kappa shape index (κ3) is 2.14. The lowest BCUT2D eigenvalue weighted by molar-refractivity contribution is 0.112. The van der Waals surface area contributed by atoms with Crippen LogP contribution in [0.3, 0.4) is 0 Å². The van der Waals surface area contributed by atoms with E-state index in [4.69, 9.17) is 0 Å². The maximum absolute atomic E-state index is 11.0. The lowest BCUT2D eigenvalue weighted by Crippen LogP contribution is -2.29.